The van der Waals surface area contributed by atoms with Crippen LogP contribution in [0.4, 0.5) is 0 Å². The molecule has 2 rings (SSSR count). The third kappa shape index (κ3) is 2.25. The molecule has 0 radical (unpaired) electrons. The second-order valence-electron chi connectivity index (χ2n) is 5.81. The van der Waals surface area contributed by atoms with Crippen LogP contribution in [0.2, 0.25) is 5.02 Å². The second kappa shape index (κ2) is 4.56. The van der Waals surface area contributed by atoms with Gasteiger partial charge in [0.25, 0.3) is 0 Å². The number of fused-ring (bicyclic) bond motifs is 1. The quantitative estimate of drug-likeness (QED) is 0.905. The van der Waals surface area contributed by atoms with Crippen molar-refractivity contribution < 1.29 is 0 Å². The van der Waals surface area contributed by atoms with Gasteiger partial charge in [0, 0.05) is 24.1 Å². The lowest BCUT2D eigenvalue weighted by Gasteiger charge is -2.20. The number of aromatic nitrogens is 2. The summed E-state index contributed by atoms with van der Waals surface area (Å²) in [6.07, 6.45) is 1.92. The fourth-order valence-corrected chi connectivity index (χ4v) is 2.33. The van der Waals surface area contributed by atoms with Crippen molar-refractivity contribution in [1.82, 2.24) is 9.38 Å². The van der Waals surface area contributed by atoms with E-state index in [1.165, 1.54) is 5.69 Å². The van der Waals surface area contributed by atoms with Crippen LogP contribution in [0, 0.1) is 0 Å². The van der Waals surface area contributed by atoms with E-state index in [9.17, 15) is 0 Å². The predicted octanol–water partition coefficient (Wildman–Crippen LogP) is 3.35. The summed E-state index contributed by atoms with van der Waals surface area (Å²) in [6, 6.07) is 3.82. The van der Waals surface area contributed by atoms with E-state index in [1.807, 2.05) is 18.3 Å². The van der Waals surface area contributed by atoms with Gasteiger partial charge in [-0.25, -0.2) is 4.98 Å². The average molecular weight is 266 g/mol. The van der Waals surface area contributed by atoms with E-state index in [4.69, 9.17) is 22.3 Å². The summed E-state index contributed by atoms with van der Waals surface area (Å²) < 4.78 is 2.07. The standard InChI is InChI=1S/C14H20ClN3/c1-9(7-16)12-13(14(2,3)4)17-11-6-5-10(15)8-18(11)12/h5-6,8-9H,7,16H2,1-4H3. The molecule has 2 heterocycles. The maximum absolute atomic E-state index is 6.08. The summed E-state index contributed by atoms with van der Waals surface area (Å²) >= 11 is 6.08. The first kappa shape index (κ1) is 13.4. The number of imidazole rings is 1. The molecule has 0 bridgehead atoms. The van der Waals surface area contributed by atoms with Gasteiger partial charge >= 0.3 is 0 Å². The zero-order valence-corrected chi connectivity index (χ0v) is 12.1. The van der Waals surface area contributed by atoms with Gasteiger partial charge in [-0.15, -0.1) is 0 Å². The Kier molecular flexibility index (Phi) is 3.39. The van der Waals surface area contributed by atoms with Gasteiger partial charge in [0.05, 0.1) is 16.4 Å². The minimum absolute atomic E-state index is 0.00272. The minimum Gasteiger partial charge on any atom is -0.330 e. The molecule has 1 atom stereocenters. The summed E-state index contributed by atoms with van der Waals surface area (Å²) in [7, 11) is 0. The van der Waals surface area contributed by atoms with Crippen molar-refractivity contribution in [3.8, 4) is 0 Å². The number of nitrogens with zero attached hydrogens (tertiary/aromatic N) is 2. The Labute approximate surface area is 113 Å². The van der Waals surface area contributed by atoms with E-state index in [0.29, 0.717) is 11.6 Å². The monoisotopic (exact) mass is 265 g/mol. The molecule has 4 heteroatoms. The van der Waals surface area contributed by atoms with Gasteiger partial charge in [0.15, 0.2) is 0 Å². The van der Waals surface area contributed by atoms with Crippen LogP contribution in [0.5, 0.6) is 0 Å². The summed E-state index contributed by atoms with van der Waals surface area (Å²) in [6.45, 7) is 9.23. The van der Waals surface area contributed by atoms with Gasteiger partial charge in [0.1, 0.15) is 5.65 Å². The van der Waals surface area contributed by atoms with E-state index in [0.717, 1.165) is 11.3 Å². The predicted molar refractivity (Wildman–Crippen MR) is 76.4 cm³/mol. The first-order valence-corrected chi connectivity index (χ1v) is 6.60. The Hall–Kier alpha value is -1.06. The number of pyridine rings is 1. The van der Waals surface area contributed by atoms with Crippen LogP contribution in [0.1, 0.15) is 45.0 Å². The molecule has 1 unspecified atom stereocenters. The lowest BCUT2D eigenvalue weighted by Crippen LogP contribution is -2.19. The molecule has 2 N–H and O–H groups in total. The molecule has 0 aliphatic rings. The van der Waals surface area contributed by atoms with E-state index < -0.39 is 0 Å². The van der Waals surface area contributed by atoms with E-state index in [1.54, 1.807) is 0 Å². The Morgan fingerprint density at radius 3 is 2.61 bits per heavy atom. The van der Waals surface area contributed by atoms with Crippen molar-refractivity contribution in [2.24, 2.45) is 5.73 Å². The normalized spacial score (nSPS) is 14.1. The summed E-state index contributed by atoms with van der Waals surface area (Å²) in [4.78, 5) is 4.74. The van der Waals surface area contributed by atoms with Crippen molar-refractivity contribution in [3.05, 3.63) is 34.7 Å². The van der Waals surface area contributed by atoms with Gasteiger partial charge in [-0.2, -0.15) is 0 Å². The van der Waals surface area contributed by atoms with Crippen LogP contribution < -0.4 is 5.73 Å². The molecule has 98 valence electrons. The fraction of sp³-hybridized carbons (Fsp3) is 0.500. The Morgan fingerprint density at radius 2 is 2.06 bits per heavy atom. The second-order valence-corrected chi connectivity index (χ2v) is 6.24. The molecule has 0 aliphatic heterocycles. The minimum atomic E-state index is -0.00272. The molecule has 0 amide bonds. The van der Waals surface area contributed by atoms with Crippen molar-refractivity contribution in [1.29, 1.82) is 0 Å². The summed E-state index contributed by atoms with van der Waals surface area (Å²) in [5, 5.41) is 0.714. The van der Waals surface area contributed by atoms with Crippen LogP contribution in [0.15, 0.2) is 18.3 Å². The van der Waals surface area contributed by atoms with Crippen molar-refractivity contribution in [3.63, 3.8) is 0 Å². The number of nitrogens with two attached hydrogens (primary N) is 1. The summed E-state index contributed by atoms with van der Waals surface area (Å²) in [5.41, 5.74) is 9.03. The first-order valence-electron chi connectivity index (χ1n) is 6.22. The van der Waals surface area contributed by atoms with E-state index in [-0.39, 0.29) is 11.3 Å². The highest BCUT2D eigenvalue weighted by molar-refractivity contribution is 6.30. The lowest BCUT2D eigenvalue weighted by atomic mass is 9.87. The van der Waals surface area contributed by atoms with Gasteiger partial charge in [0.2, 0.25) is 0 Å². The molecular formula is C14H20ClN3. The SMILES string of the molecule is CC(CN)c1c(C(C)(C)C)nc2ccc(Cl)cn12. The first-order chi connectivity index (χ1) is 8.34. The molecular weight excluding hydrogens is 246 g/mol. The largest absolute Gasteiger partial charge is 0.330 e. The number of hydrogen-bond acceptors (Lipinski definition) is 2. The van der Waals surface area contributed by atoms with Crippen LogP contribution in [-0.4, -0.2) is 15.9 Å². The topological polar surface area (TPSA) is 43.3 Å². The van der Waals surface area contributed by atoms with Crippen molar-refractivity contribution >= 4 is 17.2 Å². The molecule has 0 spiro atoms. The highest BCUT2D eigenvalue weighted by Crippen LogP contribution is 2.31. The lowest BCUT2D eigenvalue weighted by molar-refractivity contribution is 0.554. The maximum Gasteiger partial charge on any atom is 0.137 e. The van der Waals surface area contributed by atoms with Crippen LogP contribution in [0.25, 0.3) is 5.65 Å². The highest BCUT2D eigenvalue weighted by atomic mass is 35.5. The smallest absolute Gasteiger partial charge is 0.137 e. The summed E-state index contributed by atoms with van der Waals surface area (Å²) in [5.74, 6) is 0.257. The zero-order chi connectivity index (χ0) is 13.5. The molecule has 18 heavy (non-hydrogen) atoms. The van der Waals surface area contributed by atoms with Crippen LogP contribution in [0.3, 0.4) is 0 Å². The number of rotatable bonds is 2. The molecule has 0 fully saturated rings. The molecule has 3 nitrogen and oxygen atoms in total. The molecule has 0 aliphatic carbocycles. The van der Waals surface area contributed by atoms with E-state index in [2.05, 4.69) is 32.1 Å². The highest BCUT2D eigenvalue weighted by Gasteiger charge is 2.26. The zero-order valence-electron chi connectivity index (χ0n) is 11.4. The van der Waals surface area contributed by atoms with Crippen LogP contribution >= 0.6 is 11.6 Å². The molecule has 0 saturated carbocycles. The third-order valence-electron chi connectivity index (χ3n) is 3.15. The van der Waals surface area contributed by atoms with Crippen molar-refractivity contribution in [2.45, 2.75) is 39.0 Å². The van der Waals surface area contributed by atoms with E-state index >= 15 is 0 Å². The van der Waals surface area contributed by atoms with Gasteiger partial charge < -0.3 is 10.1 Å². The molecule has 0 saturated heterocycles. The van der Waals surface area contributed by atoms with Gasteiger partial charge in [-0.3, -0.25) is 0 Å². The van der Waals surface area contributed by atoms with Crippen LogP contribution in [-0.2, 0) is 5.41 Å². The molecule has 2 aromatic heterocycles. The maximum atomic E-state index is 6.08. The van der Waals surface area contributed by atoms with Crippen molar-refractivity contribution in [2.75, 3.05) is 6.54 Å². The average Bonchev–Trinajstić information content (AvgIpc) is 2.66. The third-order valence-corrected chi connectivity index (χ3v) is 3.37. The fourth-order valence-electron chi connectivity index (χ4n) is 2.17. The Balaban J connectivity index is 2.78. The number of hydrogen-bond donors (Lipinski definition) is 1. The molecule has 0 aromatic carbocycles. The van der Waals surface area contributed by atoms with Gasteiger partial charge in [-0.05, 0) is 12.1 Å². The Bertz CT molecular complexity index is 566. The van der Waals surface area contributed by atoms with Gasteiger partial charge in [-0.1, -0.05) is 39.3 Å². The number of halogens is 1. The Morgan fingerprint density at radius 1 is 1.39 bits per heavy atom. The molecule has 2 aromatic rings.